The summed E-state index contributed by atoms with van der Waals surface area (Å²) in [5, 5.41) is 3.59. The third-order valence-electron chi connectivity index (χ3n) is 5.01. The Balaban J connectivity index is 1.59. The number of ether oxygens (including phenoxy) is 1. The van der Waals surface area contributed by atoms with E-state index >= 15 is 0 Å². The van der Waals surface area contributed by atoms with Crippen LogP contribution in [0.15, 0.2) is 33.7 Å². The summed E-state index contributed by atoms with van der Waals surface area (Å²) < 4.78 is 6.69. The van der Waals surface area contributed by atoms with Gasteiger partial charge in [-0.3, -0.25) is 4.99 Å². The second-order valence-corrected chi connectivity index (χ2v) is 7.63. The van der Waals surface area contributed by atoms with E-state index in [1.54, 1.807) is 0 Å². The maximum absolute atomic E-state index is 5.47. The largest absolute Gasteiger partial charge is 0.381 e. The predicted octanol–water partition coefficient (Wildman–Crippen LogP) is 3.02. The van der Waals surface area contributed by atoms with Crippen LogP contribution >= 0.6 is 15.9 Å². The summed E-state index contributed by atoms with van der Waals surface area (Å²) >= 11 is 3.70. The Morgan fingerprint density at radius 2 is 2.22 bits per heavy atom. The molecule has 1 aliphatic heterocycles. The van der Waals surface area contributed by atoms with Crippen LogP contribution in [0.2, 0.25) is 0 Å². The van der Waals surface area contributed by atoms with Crippen molar-refractivity contribution in [3.8, 4) is 0 Å². The van der Waals surface area contributed by atoms with Gasteiger partial charge in [-0.1, -0.05) is 34.1 Å². The first kappa shape index (κ1) is 16.8. The van der Waals surface area contributed by atoms with Gasteiger partial charge in [0.15, 0.2) is 5.96 Å². The van der Waals surface area contributed by atoms with Gasteiger partial charge in [0.1, 0.15) is 0 Å². The molecule has 0 amide bonds. The van der Waals surface area contributed by atoms with Crippen LogP contribution in [0.1, 0.15) is 24.8 Å². The van der Waals surface area contributed by atoms with Crippen molar-refractivity contribution in [1.82, 2.24) is 10.2 Å². The number of rotatable bonds is 5. The third kappa shape index (κ3) is 3.89. The van der Waals surface area contributed by atoms with Crippen molar-refractivity contribution < 1.29 is 4.74 Å². The quantitative estimate of drug-likeness (QED) is 0.630. The Morgan fingerprint density at radius 3 is 2.83 bits per heavy atom. The molecule has 1 atom stereocenters. The number of guanidine groups is 1. The molecule has 1 saturated heterocycles. The molecular weight excluding hydrogens is 354 g/mol. The lowest BCUT2D eigenvalue weighted by Gasteiger charge is -2.27. The summed E-state index contributed by atoms with van der Waals surface area (Å²) in [6.45, 7) is 3.72. The first-order chi connectivity index (χ1) is 11.1. The van der Waals surface area contributed by atoms with Gasteiger partial charge >= 0.3 is 0 Å². The molecule has 0 bridgehead atoms. The van der Waals surface area contributed by atoms with Crippen LogP contribution < -0.4 is 5.32 Å². The lowest BCUT2D eigenvalue weighted by atomic mass is 9.96. The van der Waals surface area contributed by atoms with E-state index in [4.69, 9.17) is 4.74 Å². The van der Waals surface area contributed by atoms with E-state index in [1.807, 2.05) is 7.05 Å². The highest BCUT2D eigenvalue weighted by Crippen LogP contribution is 2.49. The van der Waals surface area contributed by atoms with E-state index in [-0.39, 0.29) is 5.41 Å². The molecule has 1 aromatic carbocycles. The Hall–Kier alpha value is -1.07. The van der Waals surface area contributed by atoms with Gasteiger partial charge in [0.05, 0.1) is 6.61 Å². The lowest BCUT2D eigenvalue weighted by molar-refractivity contribution is 0.181. The first-order valence-electron chi connectivity index (χ1n) is 8.39. The highest BCUT2D eigenvalue weighted by atomic mass is 79.9. The fraction of sp³-hybridized carbons (Fsp3) is 0.611. The molecule has 1 N–H and O–H groups in total. The van der Waals surface area contributed by atoms with E-state index in [9.17, 15) is 0 Å². The van der Waals surface area contributed by atoms with Crippen molar-refractivity contribution in [3.05, 3.63) is 34.3 Å². The summed E-state index contributed by atoms with van der Waals surface area (Å²) in [7, 11) is 3.98. The normalized spacial score (nSPS) is 22.9. The molecule has 0 radical (unpaired) electrons. The molecule has 1 heterocycles. The molecule has 2 fully saturated rings. The molecule has 0 aromatic heterocycles. The minimum absolute atomic E-state index is 0.257. The molecule has 1 saturated carbocycles. The number of nitrogens with zero attached hydrogens (tertiary/aromatic N) is 2. The highest BCUT2D eigenvalue weighted by molar-refractivity contribution is 9.10. The molecule has 1 aromatic rings. The lowest BCUT2D eigenvalue weighted by Crippen LogP contribution is -2.44. The number of benzene rings is 1. The van der Waals surface area contributed by atoms with E-state index in [0.29, 0.717) is 5.92 Å². The zero-order valence-electron chi connectivity index (χ0n) is 14.0. The molecule has 126 valence electrons. The smallest absolute Gasteiger partial charge is 0.193 e. The average Bonchev–Trinajstić information content (AvgIpc) is 3.16. The summed E-state index contributed by atoms with van der Waals surface area (Å²) in [4.78, 5) is 6.69. The third-order valence-corrected chi connectivity index (χ3v) is 5.70. The first-order valence-corrected chi connectivity index (χ1v) is 9.18. The molecule has 3 rings (SSSR count). The van der Waals surface area contributed by atoms with Crippen LogP contribution in [0, 0.1) is 5.92 Å². The minimum Gasteiger partial charge on any atom is -0.381 e. The van der Waals surface area contributed by atoms with Crippen molar-refractivity contribution in [2.75, 3.05) is 40.4 Å². The van der Waals surface area contributed by atoms with Gasteiger partial charge in [0.2, 0.25) is 0 Å². The van der Waals surface area contributed by atoms with Gasteiger partial charge in [0.25, 0.3) is 0 Å². The predicted molar refractivity (Wildman–Crippen MR) is 98.0 cm³/mol. The Kier molecular flexibility index (Phi) is 5.27. The Bertz CT molecular complexity index is 565. The van der Waals surface area contributed by atoms with Crippen LogP contribution in [0.4, 0.5) is 0 Å². The van der Waals surface area contributed by atoms with Gasteiger partial charge in [-0.05, 0) is 30.9 Å². The highest BCUT2D eigenvalue weighted by Gasteiger charge is 2.45. The summed E-state index contributed by atoms with van der Waals surface area (Å²) in [5.74, 6) is 1.60. The number of halogens is 1. The van der Waals surface area contributed by atoms with Crippen molar-refractivity contribution in [2.45, 2.75) is 24.7 Å². The maximum Gasteiger partial charge on any atom is 0.193 e. The van der Waals surface area contributed by atoms with Gasteiger partial charge in [-0.25, -0.2) is 0 Å². The second kappa shape index (κ2) is 7.22. The maximum atomic E-state index is 5.47. The standard InChI is InChI=1S/C18H26BrN3O/c1-20-17(22(2)11-14-7-10-23-12-14)21-13-18(8-9-18)15-5-3-4-6-16(15)19/h3-6,14H,7-13H2,1-2H3,(H,20,21). The van der Waals surface area contributed by atoms with Crippen molar-refractivity contribution in [2.24, 2.45) is 10.9 Å². The molecule has 0 spiro atoms. The monoisotopic (exact) mass is 379 g/mol. The number of hydrogen-bond acceptors (Lipinski definition) is 2. The number of nitrogens with one attached hydrogen (secondary N) is 1. The van der Waals surface area contributed by atoms with Gasteiger partial charge in [-0.15, -0.1) is 0 Å². The topological polar surface area (TPSA) is 36.9 Å². The summed E-state index contributed by atoms with van der Waals surface area (Å²) in [6, 6.07) is 8.58. The fourth-order valence-corrected chi connectivity index (χ4v) is 4.12. The van der Waals surface area contributed by atoms with Gasteiger partial charge in [0, 0.05) is 49.6 Å². The molecular formula is C18H26BrN3O. The van der Waals surface area contributed by atoms with Crippen LogP contribution in [-0.4, -0.2) is 51.3 Å². The van der Waals surface area contributed by atoms with Crippen molar-refractivity contribution >= 4 is 21.9 Å². The van der Waals surface area contributed by atoms with Crippen LogP contribution in [0.25, 0.3) is 0 Å². The van der Waals surface area contributed by atoms with Crippen LogP contribution in [0.5, 0.6) is 0 Å². The van der Waals surface area contributed by atoms with Crippen LogP contribution in [0.3, 0.4) is 0 Å². The number of hydrogen-bond donors (Lipinski definition) is 1. The molecule has 1 unspecified atom stereocenters. The zero-order chi connectivity index (χ0) is 16.3. The zero-order valence-corrected chi connectivity index (χ0v) is 15.6. The van der Waals surface area contributed by atoms with E-state index < -0.39 is 0 Å². The molecule has 1 aliphatic carbocycles. The van der Waals surface area contributed by atoms with E-state index in [0.717, 1.165) is 38.7 Å². The van der Waals surface area contributed by atoms with Gasteiger partial charge < -0.3 is 15.0 Å². The second-order valence-electron chi connectivity index (χ2n) is 6.77. The Labute approximate surface area is 147 Å². The molecule has 4 nitrogen and oxygen atoms in total. The summed E-state index contributed by atoms with van der Waals surface area (Å²) in [6.07, 6.45) is 3.63. The van der Waals surface area contributed by atoms with Crippen LogP contribution in [-0.2, 0) is 10.2 Å². The molecule has 5 heteroatoms. The van der Waals surface area contributed by atoms with E-state index in [1.165, 1.54) is 22.9 Å². The molecule has 2 aliphatic rings. The average molecular weight is 380 g/mol. The van der Waals surface area contributed by atoms with Crippen molar-refractivity contribution in [3.63, 3.8) is 0 Å². The van der Waals surface area contributed by atoms with E-state index in [2.05, 4.69) is 62.5 Å². The number of aliphatic imine (C=N–C) groups is 1. The van der Waals surface area contributed by atoms with Crippen molar-refractivity contribution in [1.29, 1.82) is 0 Å². The minimum atomic E-state index is 0.257. The summed E-state index contributed by atoms with van der Waals surface area (Å²) in [5.41, 5.74) is 1.67. The fourth-order valence-electron chi connectivity index (χ4n) is 3.42. The Morgan fingerprint density at radius 1 is 1.43 bits per heavy atom. The van der Waals surface area contributed by atoms with Gasteiger partial charge in [-0.2, -0.15) is 0 Å². The SMILES string of the molecule is CN=C(NCC1(c2ccccc2Br)CC1)N(C)CC1CCOC1. The molecule has 23 heavy (non-hydrogen) atoms.